The zero-order chi connectivity index (χ0) is 18.0. The number of hydrogen-bond acceptors (Lipinski definition) is 5. The zero-order valence-corrected chi connectivity index (χ0v) is 14.6. The van der Waals surface area contributed by atoms with Crippen molar-refractivity contribution in [1.29, 1.82) is 0 Å². The lowest BCUT2D eigenvalue weighted by molar-refractivity contribution is -0.136. The number of halogens is 2. The summed E-state index contributed by atoms with van der Waals surface area (Å²) in [7, 11) is 0. The maximum absolute atomic E-state index is 11.9. The first-order valence-electron chi connectivity index (χ1n) is 7.25. The summed E-state index contributed by atoms with van der Waals surface area (Å²) in [6, 6.07) is 10.9. The van der Waals surface area contributed by atoms with Crippen molar-refractivity contribution in [3.05, 3.63) is 68.5 Å². The fourth-order valence-electron chi connectivity index (χ4n) is 2.24. The van der Waals surface area contributed by atoms with Crippen molar-refractivity contribution >= 4 is 40.1 Å². The molecular weight excluding hydrogens is 367 g/mol. The molecule has 0 fully saturated rings. The van der Waals surface area contributed by atoms with Gasteiger partial charge in [-0.2, -0.15) is 0 Å². The number of aryl methyl sites for hydroxylation is 1. The van der Waals surface area contributed by atoms with E-state index in [1.165, 1.54) is 18.2 Å². The maximum Gasteiger partial charge on any atom is 0.349 e. The molecule has 0 aliphatic rings. The molecule has 0 N–H and O–H groups in total. The Morgan fingerprint density at radius 3 is 2.72 bits per heavy atom. The molecule has 2 aromatic carbocycles. The molecule has 0 spiro atoms. The van der Waals surface area contributed by atoms with E-state index in [4.69, 9.17) is 37.1 Å². The highest BCUT2D eigenvalue weighted by molar-refractivity contribution is 6.34. The molecule has 0 radical (unpaired) electrons. The Kier molecular flexibility index (Phi) is 4.97. The second kappa shape index (κ2) is 7.17. The second-order valence-electron chi connectivity index (χ2n) is 5.24. The van der Waals surface area contributed by atoms with Crippen molar-refractivity contribution in [3.63, 3.8) is 0 Å². The minimum Gasteiger partial charge on any atom is -0.482 e. The van der Waals surface area contributed by atoms with E-state index in [0.717, 1.165) is 10.9 Å². The maximum atomic E-state index is 11.9. The van der Waals surface area contributed by atoms with Crippen LogP contribution in [0.25, 0.3) is 11.0 Å². The fourth-order valence-corrected chi connectivity index (χ4v) is 2.56. The molecule has 0 bridgehead atoms. The number of carbonyl (C=O) groups excluding carboxylic acids is 1. The average Bonchev–Trinajstić information content (AvgIpc) is 2.56. The van der Waals surface area contributed by atoms with Gasteiger partial charge in [-0.15, -0.1) is 0 Å². The van der Waals surface area contributed by atoms with Crippen LogP contribution < -0.4 is 15.1 Å². The summed E-state index contributed by atoms with van der Waals surface area (Å²) in [4.78, 5) is 23.3. The van der Waals surface area contributed by atoms with Crippen LogP contribution in [-0.2, 0) is 4.79 Å². The van der Waals surface area contributed by atoms with Gasteiger partial charge in [0.1, 0.15) is 11.3 Å². The SMILES string of the molecule is Cc1cc(=O)oc2cc(OCC(=O)Oc3cc(Cl)ccc3Cl)ccc12. The van der Waals surface area contributed by atoms with E-state index in [1.54, 1.807) is 24.3 Å². The van der Waals surface area contributed by atoms with Crippen LogP contribution in [0.15, 0.2) is 51.7 Å². The summed E-state index contributed by atoms with van der Waals surface area (Å²) in [6.07, 6.45) is 0. The van der Waals surface area contributed by atoms with Crippen molar-refractivity contribution in [1.82, 2.24) is 0 Å². The quantitative estimate of drug-likeness (QED) is 0.382. The van der Waals surface area contributed by atoms with Gasteiger partial charge in [-0.25, -0.2) is 9.59 Å². The third-order valence-electron chi connectivity index (χ3n) is 3.40. The first kappa shape index (κ1) is 17.3. The van der Waals surface area contributed by atoms with E-state index >= 15 is 0 Å². The Hall–Kier alpha value is -2.50. The normalized spacial score (nSPS) is 10.7. The Labute approximate surface area is 152 Å². The summed E-state index contributed by atoms with van der Waals surface area (Å²) in [5.74, 6) is -0.117. The average molecular weight is 379 g/mol. The van der Waals surface area contributed by atoms with Gasteiger partial charge in [0.05, 0.1) is 5.02 Å². The highest BCUT2D eigenvalue weighted by atomic mass is 35.5. The van der Waals surface area contributed by atoms with Crippen molar-refractivity contribution in [2.24, 2.45) is 0 Å². The van der Waals surface area contributed by atoms with Crippen molar-refractivity contribution in [3.8, 4) is 11.5 Å². The minimum atomic E-state index is -0.644. The summed E-state index contributed by atoms with van der Waals surface area (Å²) in [5, 5.41) is 1.45. The highest BCUT2D eigenvalue weighted by Crippen LogP contribution is 2.28. The van der Waals surface area contributed by atoms with Crippen LogP contribution in [-0.4, -0.2) is 12.6 Å². The molecule has 0 aliphatic heterocycles. The second-order valence-corrected chi connectivity index (χ2v) is 6.09. The van der Waals surface area contributed by atoms with Crippen LogP contribution in [0.2, 0.25) is 10.0 Å². The molecule has 1 heterocycles. The van der Waals surface area contributed by atoms with E-state index in [1.807, 2.05) is 6.92 Å². The van der Waals surface area contributed by atoms with Gasteiger partial charge < -0.3 is 13.9 Å². The molecule has 0 unspecified atom stereocenters. The topological polar surface area (TPSA) is 65.7 Å². The molecule has 7 heteroatoms. The molecule has 0 atom stereocenters. The fraction of sp³-hybridized carbons (Fsp3) is 0.111. The van der Waals surface area contributed by atoms with Crippen molar-refractivity contribution < 1.29 is 18.7 Å². The van der Waals surface area contributed by atoms with Gasteiger partial charge in [0.2, 0.25) is 0 Å². The van der Waals surface area contributed by atoms with Crippen LogP contribution in [0.1, 0.15) is 5.56 Å². The monoisotopic (exact) mass is 378 g/mol. The molecule has 0 amide bonds. The van der Waals surface area contributed by atoms with Crippen molar-refractivity contribution in [2.75, 3.05) is 6.61 Å². The number of carbonyl (C=O) groups is 1. The molecule has 128 valence electrons. The van der Waals surface area contributed by atoms with Crippen LogP contribution in [0.5, 0.6) is 11.5 Å². The molecule has 1 aromatic heterocycles. The van der Waals surface area contributed by atoms with Gasteiger partial charge in [-0.1, -0.05) is 23.2 Å². The number of benzene rings is 2. The van der Waals surface area contributed by atoms with E-state index in [-0.39, 0.29) is 17.4 Å². The van der Waals surface area contributed by atoms with Crippen molar-refractivity contribution in [2.45, 2.75) is 6.92 Å². The predicted octanol–water partition coefficient (Wildman–Crippen LogP) is 4.39. The molecule has 25 heavy (non-hydrogen) atoms. The summed E-state index contributed by atoms with van der Waals surface area (Å²) in [5.41, 5.74) is 0.735. The third-order valence-corrected chi connectivity index (χ3v) is 3.94. The summed E-state index contributed by atoms with van der Waals surface area (Å²) in [6.45, 7) is 1.47. The molecule has 0 saturated carbocycles. The number of rotatable bonds is 4. The Balaban J connectivity index is 1.70. The highest BCUT2D eigenvalue weighted by Gasteiger charge is 2.11. The number of ether oxygens (including phenoxy) is 2. The molecule has 0 aliphatic carbocycles. The van der Waals surface area contributed by atoms with E-state index in [9.17, 15) is 9.59 Å². The summed E-state index contributed by atoms with van der Waals surface area (Å²) < 4.78 is 15.6. The summed E-state index contributed by atoms with van der Waals surface area (Å²) >= 11 is 11.8. The van der Waals surface area contributed by atoms with Gasteiger partial charge in [-0.3, -0.25) is 0 Å². The van der Waals surface area contributed by atoms with Gasteiger partial charge in [-0.05, 0) is 36.8 Å². The first-order valence-corrected chi connectivity index (χ1v) is 8.01. The number of esters is 1. The predicted molar refractivity (Wildman–Crippen MR) is 94.8 cm³/mol. The van der Waals surface area contributed by atoms with E-state index in [0.29, 0.717) is 16.4 Å². The number of hydrogen-bond donors (Lipinski definition) is 0. The Morgan fingerprint density at radius 1 is 1.12 bits per heavy atom. The zero-order valence-electron chi connectivity index (χ0n) is 13.0. The lowest BCUT2D eigenvalue weighted by Gasteiger charge is -2.09. The molecule has 5 nitrogen and oxygen atoms in total. The Morgan fingerprint density at radius 2 is 1.92 bits per heavy atom. The largest absolute Gasteiger partial charge is 0.482 e. The van der Waals surface area contributed by atoms with Crippen LogP contribution in [0, 0.1) is 6.92 Å². The van der Waals surface area contributed by atoms with E-state index < -0.39 is 11.6 Å². The van der Waals surface area contributed by atoms with E-state index in [2.05, 4.69) is 0 Å². The first-order chi connectivity index (χ1) is 11.9. The Bertz CT molecular complexity index is 1010. The lowest BCUT2D eigenvalue weighted by Crippen LogP contribution is -2.17. The third kappa shape index (κ3) is 4.13. The molecule has 3 rings (SSSR count). The van der Waals surface area contributed by atoms with Gasteiger partial charge >= 0.3 is 11.6 Å². The smallest absolute Gasteiger partial charge is 0.349 e. The van der Waals surface area contributed by atoms with Crippen LogP contribution in [0.3, 0.4) is 0 Å². The molecule has 0 saturated heterocycles. The minimum absolute atomic E-state index is 0.155. The molecular formula is C18H12Cl2O5. The van der Waals surface area contributed by atoms with Gasteiger partial charge in [0.25, 0.3) is 0 Å². The standard InChI is InChI=1S/C18H12Cl2O5/c1-10-6-17(21)24-15-8-12(3-4-13(10)15)23-9-18(22)25-16-7-11(19)2-5-14(16)20/h2-8H,9H2,1H3. The number of fused-ring (bicyclic) bond motifs is 1. The van der Waals surface area contributed by atoms with Gasteiger partial charge in [0.15, 0.2) is 12.4 Å². The lowest BCUT2D eigenvalue weighted by atomic mass is 10.1. The van der Waals surface area contributed by atoms with Crippen LogP contribution in [0.4, 0.5) is 0 Å². The molecule has 3 aromatic rings. The van der Waals surface area contributed by atoms with Gasteiger partial charge in [0, 0.05) is 28.6 Å². The van der Waals surface area contributed by atoms with Crippen LogP contribution >= 0.6 is 23.2 Å².